The molecule has 2 atom stereocenters. The van der Waals surface area contributed by atoms with Crippen LogP contribution in [0.4, 0.5) is 18.9 Å². The molecular formula is C14H14F3NO4. The van der Waals surface area contributed by atoms with Gasteiger partial charge in [-0.2, -0.15) is 13.2 Å². The lowest BCUT2D eigenvalue weighted by Gasteiger charge is -2.14. The van der Waals surface area contributed by atoms with Crippen LogP contribution in [-0.2, 0) is 9.59 Å². The molecule has 1 aliphatic carbocycles. The molecule has 120 valence electrons. The third kappa shape index (κ3) is 4.12. The number of hydrogen-bond donors (Lipinski definition) is 2. The van der Waals surface area contributed by atoms with Crippen molar-refractivity contribution >= 4 is 17.6 Å². The molecule has 1 aromatic rings. The van der Waals surface area contributed by atoms with Gasteiger partial charge in [0.25, 0.3) is 0 Å². The van der Waals surface area contributed by atoms with Gasteiger partial charge in [0.05, 0.1) is 17.5 Å². The molecule has 0 radical (unpaired) electrons. The van der Waals surface area contributed by atoms with E-state index in [-0.39, 0.29) is 17.9 Å². The van der Waals surface area contributed by atoms with Crippen molar-refractivity contribution < 1.29 is 32.6 Å². The maximum Gasteiger partial charge on any atom is 0.422 e. The molecule has 2 N–H and O–H groups in total. The number of ether oxygens (including phenoxy) is 1. The summed E-state index contributed by atoms with van der Waals surface area (Å²) in [6, 6.07) is 4.41. The molecule has 0 aromatic heterocycles. The number of anilines is 1. The largest absolute Gasteiger partial charge is 0.482 e. The van der Waals surface area contributed by atoms with Gasteiger partial charge in [-0.25, -0.2) is 0 Å². The van der Waals surface area contributed by atoms with Gasteiger partial charge in [-0.3, -0.25) is 9.59 Å². The zero-order chi connectivity index (χ0) is 16.5. The second kappa shape index (κ2) is 5.86. The van der Waals surface area contributed by atoms with Crippen LogP contribution in [-0.4, -0.2) is 29.8 Å². The molecule has 22 heavy (non-hydrogen) atoms. The first-order valence-corrected chi connectivity index (χ1v) is 6.51. The minimum atomic E-state index is -4.49. The third-order valence-electron chi connectivity index (χ3n) is 3.23. The Morgan fingerprint density at radius 2 is 2.05 bits per heavy atom. The molecule has 8 heteroatoms. The summed E-state index contributed by atoms with van der Waals surface area (Å²) < 4.78 is 41.4. The van der Waals surface area contributed by atoms with Crippen molar-refractivity contribution in [3.05, 3.63) is 23.8 Å². The summed E-state index contributed by atoms with van der Waals surface area (Å²) in [5.41, 5.74) is 0.765. The number of carboxylic acids is 1. The molecular weight excluding hydrogens is 303 g/mol. The van der Waals surface area contributed by atoms with Crippen LogP contribution < -0.4 is 10.1 Å². The zero-order valence-electron chi connectivity index (χ0n) is 11.6. The number of alkyl halides is 3. The highest BCUT2D eigenvalue weighted by atomic mass is 19.4. The van der Waals surface area contributed by atoms with Gasteiger partial charge in [0.1, 0.15) is 5.75 Å². The number of carbonyl (C=O) groups excluding carboxylic acids is 1. The SMILES string of the molecule is Cc1ccc(NC(=O)C2CC2C(=O)O)c(OCC(F)(F)F)c1. The molecule has 1 amide bonds. The first kappa shape index (κ1) is 16.1. The monoisotopic (exact) mass is 317 g/mol. The highest BCUT2D eigenvalue weighted by molar-refractivity contribution is 5.99. The number of carbonyl (C=O) groups is 2. The van der Waals surface area contributed by atoms with Gasteiger partial charge < -0.3 is 15.2 Å². The summed E-state index contributed by atoms with van der Waals surface area (Å²) in [5.74, 6) is -3.08. The Balaban J connectivity index is 2.07. The van der Waals surface area contributed by atoms with Gasteiger partial charge in [0, 0.05) is 0 Å². The Hall–Kier alpha value is -2.25. The average molecular weight is 317 g/mol. The number of carboxylic acid groups (broad SMARTS) is 1. The summed E-state index contributed by atoms with van der Waals surface area (Å²) in [6.45, 7) is 0.202. The lowest BCUT2D eigenvalue weighted by molar-refractivity contribution is -0.153. The molecule has 1 saturated carbocycles. The fourth-order valence-corrected chi connectivity index (χ4v) is 1.99. The van der Waals surface area contributed by atoms with Crippen molar-refractivity contribution in [2.75, 3.05) is 11.9 Å². The van der Waals surface area contributed by atoms with Crippen LogP contribution >= 0.6 is 0 Å². The molecule has 0 saturated heterocycles. The maximum absolute atomic E-state index is 12.2. The highest BCUT2D eigenvalue weighted by Gasteiger charge is 2.48. The Kier molecular flexibility index (Phi) is 4.30. The number of aryl methyl sites for hydroxylation is 1. The van der Waals surface area contributed by atoms with E-state index in [1.807, 2.05) is 0 Å². The third-order valence-corrected chi connectivity index (χ3v) is 3.23. The zero-order valence-corrected chi connectivity index (χ0v) is 11.6. The number of halogens is 3. The predicted molar refractivity (Wildman–Crippen MR) is 70.6 cm³/mol. The van der Waals surface area contributed by atoms with Gasteiger partial charge in [-0.1, -0.05) is 6.07 Å². The van der Waals surface area contributed by atoms with E-state index in [1.54, 1.807) is 13.0 Å². The van der Waals surface area contributed by atoms with E-state index in [9.17, 15) is 22.8 Å². The number of amides is 1. The fraction of sp³-hybridized carbons (Fsp3) is 0.429. The van der Waals surface area contributed by atoms with E-state index in [2.05, 4.69) is 5.32 Å². The van der Waals surface area contributed by atoms with Crippen LogP contribution in [0.3, 0.4) is 0 Å². The molecule has 0 heterocycles. The maximum atomic E-state index is 12.2. The van der Waals surface area contributed by atoms with Crippen LogP contribution in [0.5, 0.6) is 5.75 Å². The van der Waals surface area contributed by atoms with Crippen molar-refractivity contribution in [3.63, 3.8) is 0 Å². The quantitative estimate of drug-likeness (QED) is 0.875. The van der Waals surface area contributed by atoms with Crippen LogP contribution in [0.15, 0.2) is 18.2 Å². The molecule has 1 aliphatic rings. The summed E-state index contributed by atoms with van der Waals surface area (Å²) in [5, 5.41) is 11.2. The smallest absolute Gasteiger partial charge is 0.422 e. The van der Waals surface area contributed by atoms with Crippen molar-refractivity contribution in [1.82, 2.24) is 0 Å². The molecule has 2 rings (SSSR count). The second-order valence-electron chi connectivity index (χ2n) is 5.18. The number of benzene rings is 1. The van der Waals surface area contributed by atoms with Crippen molar-refractivity contribution in [3.8, 4) is 5.75 Å². The average Bonchev–Trinajstić information content (AvgIpc) is 3.18. The normalized spacial score (nSPS) is 20.4. The Morgan fingerprint density at radius 3 is 2.59 bits per heavy atom. The van der Waals surface area contributed by atoms with E-state index >= 15 is 0 Å². The summed E-state index contributed by atoms with van der Waals surface area (Å²) in [4.78, 5) is 22.6. The second-order valence-corrected chi connectivity index (χ2v) is 5.18. The number of nitrogens with one attached hydrogen (secondary N) is 1. The Labute approximate surface area is 124 Å². The van der Waals surface area contributed by atoms with Crippen molar-refractivity contribution in [2.45, 2.75) is 19.5 Å². The molecule has 2 unspecified atom stereocenters. The lowest BCUT2D eigenvalue weighted by atomic mass is 10.2. The lowest BCUT2D eigenvalue weighted by Crippen LogP contribution is -2.21. The van der Waals surface area contributed by atoms with Crippen LogP contribution in [0, 0.1) is 18.8 Å². The van der Waals surface area contributed by atoms with E-state index in [4.69, 9.17) is 9.84 Å². The molecule has 0 bridgehead atoms. The first-order valence-electron chi connectivity index (χ1n) is 6.51. The summed E-state index contributed by atoms with van der Waals surface area (Å²) in [7, 11) is 0. The van der Waals surface area contributed by atoms with Crippen molar-refractivity contribution in [2.24, 2.45) is 11.8 Å². The molecule has 0 spiro atoms. The molecule has 1 aromatic carbocycles. The van der Waals surface area contributed by atoms with Crippen LogP contribution in [0.1, 0.15) is 12.0 Å². The standard InChI is InChI=1S/C14H14F3NO4/c1-7-2-3-10(11(4-7)22-6-14(15,16)17)18-12(19)8-5-9(8)13(20)21/h2-4,8-9H,5-6H2,1H3,(H,18,19)(H,20,21). The van der Waals surface area contributed by atoms with E-state index in [0.717, 1.165) is 0 Å². The Bertz CT molecular complexity index is 600. The summed E-state index contributed by atoms with van der Waals surface area (Å²) in [6.07, 6.45) is -4.26. The topological polar surface area (TPSA) is 75.6 Å². The van der Waals surface area contributed by atoms with Gasteiger partial charge >= 0.3 is 12.1 Å². The van der Waals surface area contributed by atoms with Crippen LogP contribution in [0.25, 0.3) is 0 Å². The number of hydrogen-bond acceptors (Lipinski definition) is 3. The number of rotatable bonds is 5. The first-order chi connectivity index (χ1) is 10.2. The molecule has 0 aliphatic heterocycles. The van der Waals surface area contributed by atoms with Gasteiger partial charge in [0.15, 0.2) is 6.61 Å². The van der Waals surface area contributed by atoms with Gasteiger partial charge in [0.2, 0.25) is 5.91 Å². The Morgan fingerprint density at radius 1 is 1.36 bits per heavy atom. The highest BCUT2D eigenvalue weighted by Crippen LogP contribution is 2.40. The number of aliphatic carboxylic acids is 1. The predicted octanol–water partition coefficient (Wildman–Crippen LogP) is 2.60. The van der Waals surface area contributed by atoms with Gasteiger partial charge in [-0.05, 0) is 31.0 Å². The van der Waals surface area contributed by atoms with Crippen LogP contribution in [0.2, 0.25) is 0 Å². The molecule has 5 nitrogen and oxygen atoms in total. The summed E-state index contributed by atoms with van der Waals surface area (Å²) >= 11 is 0. The van der Waals surface area contributed by atoms with E-state index < -0.39 is 36.5 Å². The van der Waals surface area contributed by atoms with E-state index in [1.165, 1.54) is 12.1 Å². The van der Waals surface area contributed by atoms with E-state index in [0.29, 0.717) is 5.56 Å². The molecule has 1 fully saturated rings. The van der Waals surface area contributed by atoms with Crippen molar-refractivity contribution in [1.29, 1.82) is 0 Å². The van der Waals surface area contributed by atoms with Gasteiger partial charge in [-0.15, -0.1) is 0 Å². The minimum absolute atomic E-state index is 0.0934. The fourth-order valence-electron chi connectivity index (χ4n) is 1.99. The minimum Gasteiger partial charge on any atom is -0.482 e.